The number of H-pyrrole nitrogens is 1. The Morgan fingerprint density at radius 1 is 1.75 bits per heavy atom. The molecule has 12 heavy (non-hydrogen) atoms. The van der Waals surface area contributed by atoms with Gasteiger partial charge in [0, 0.05) is 19.6 Å². The first-order valence-electron chi connectivity index (χ1n) is 3.98. The highest BCUT2D eigenvalue weighted by Gasteiger charge is 2.20. The predicted octanol–water partition coefficient (Wildman–Crippen LogP) is 0.982. The summed E-state index contributed by atoms with van der Waals surface area (Å²) in [6, 6.07) is 0. The van der Waals surface area contributed by atoms with Gasteiger partial charge in [0.1, 0.15) is 5.82 Å². The first-order chi connectivity index (χ1) is 5.77. The zero-order valence-corrected chi connectivity index (χ0v) is 7.73. The predicted molar refractivity (Wildman–Crippen MR) is 46.6 cm³/mol. The molecule has 0 radical (unpaired) electrons. The lowest BCUT2D eigenvalue weighted by molar-refractivity contribution is 0.193. The van der Waals surface area contributed by atoms with E-state index in [0.29, 0.717) is 10.7 Å². The third-order valence-corrected chi connectivity index (χ3v) is 2.47. The molecule has 0 spiro atoms. The van der Waals surface area contributed by atoms with Gasteiger partial charge in [0.25, 0.3) is 0 Å². The third kappa shape index (κ3) is 1.30. The minimum Gasteiger partial charge on any atom is -0.381 e. The van der Waals surface area contributed by atoms with E-state index in [9.17, 15) is 0 Å². The summed E-state index contributed by atoms with van der Waals surface area (Å²) in [7, 11) is 1.87. The van der Waals surface area contributed by atoms with Gasteiger partial charge >= 0.3 is 0 Å². The van der Waals surface area contributed by atoms with Gasteiger partial charge in [0.2, 0.25) is 4.77 Å². The maximum absolute atomic E-state index is 5.26. The normalized spacial score (nSPS) is 23.2. The minimum atomic E-state index is 0.410. The highest BCUT2D eigenvalue weighted by atomic mass is 32.1. The second-order valence-electron chi connectivity index (χ2n) is 3.01. The van der Waals surface area contributed by atoms with Crippen molar-refractivity contribution in [3.05, 3.63) is 10.6 Å². The molecule has 1 unspecified atom stereocenters. The number of hydrogen-bond acceptors (Lipinski definition) is 3. The van der Waals surface area contributed by atoms with Crippen LogP contribution in [0.15, 0.2) is 0 Å². The van der Waals surface area contributed by atoms with Crippen LogP contribution in [0.3, 0.4) is 0 Å². The number of ether oxygens (including phenoxy) is 1. The summed E-state index contributed by atoms with van der Waals surface area (Å²) in [6.07, 6.45) is 1.04. The van der Waals surface area contributed by atoms with Crippen molar-refractivity contribution >= 4 is 12.2 Å². The average Bonchev–Trinajstić information content (AvgIpc) is 2.61. The zero-order valence-electron chi connectivity index (χ0n) is 6.91. The summed E-state index contributed by atoms with van der Waals surface area (Å²) in [6.45, 7) is 1.60. The van der Waals surface area contributed by atoms with Crippen LogP contribution in [0.25, 0.3) is 0 Å². The third-order valence-electron chi connectivity index (χ3n) is 2.10. The molecular weight excluding hydrogens is 174 g/mol. The maximum atomic E-state index is 5.26. The molecule has 1 saturated heterocycles. The molecule has 0 saturated carbocycles. The highest BCUT2D eigenvalue weighted by Crippen LogP contribution is 2.21. The van der Waals surface area contributed by atoms with E-state index in [0.717, 1.165) is 25.5 Å². The lowest BCUT2D eigenvalue weighted by Gasteiger charge is -2.00. The van der Waals surface area contributed by atoms with Crippen LogP contribution in [-0.2, 0) is 11.8 Å². The van der Waals surface area contributed by atoms with Crippen LogP contribution in [0.4, 0.5) is 0 Å². The van der Waals surface area contributed by atoms with E-state index in [1.807, 2.05) is 7.05 Å². The number of aromatic nitrogens is 3. The molecule has 2 heterocycles. The summed E-state index contributed by atoms with van der Waals surface area (Å²) in [5.41, 5.74) is 0. The van der Waals surface area contributed by atoms with Gasteiger partial charge < -0.3 is 4.74 Å². The summed E-state index contributed by atoms with van der Waals surface area (Å²) in [4.78, 5) is 4.23. The molecule has 2 rings (SSSR count). The fourth-order valence-electron chi connectivity index (χ4n) is 1.36. The molecule has 1 atom stereocenters. The Labute approximate surface area is 75.5 Å². The van der Waals surface area contributed by atoms with Gasteiger partial charge in [-0.25, -0.2) is 4.98 Å². The van der Waals surface area contributed by atoms with Crippen molar-refractivity contribution in [1.29, 1.82) is 0 Å². The molecule has 1 aliphatic rings. The summed E-state index contributed by atoms with van der Waals surface area (Å²) in [5, 5.41) is 3.11. The second kappa shape index (κ2) is 2.99. The molecule has 0 aliphatic carbocycles. The van der Waals surface area contributed by atoms with Crippen molar-refractivity contribution < 1.29 is 4.74 Å². The fourth-order valence-corrected chi connectivity index (χ4v) is 1.50. The molecule has 5 heteroatoms. The monoisotopic (exact) mass is 185 g/mol. The smallest absolute Gasteiger partial charge is 0.215 e. The van der Waals surface area contributed by atoms with E-state index in [4.69, 9.17) is 17.0 Å². The zero-order chi connectivity index (χ0) is 8.55. The number of nitrogens with zero attached hydrogens (tertiary/aromatic N) is 2. The van der Waals surface area contributed by atoms with Crippen LogP contribution in [0.2, 0.25) is 0 Å². The Balaban J connectivity index is 2.27. The van der Waals surface area contributed by atoms with Gasteiger partial charge in [-0.05, 0) is 18.6 Å². The molecule has 0 amide bonds. The van der Waals surface area contributed by atoms with E-state index in [1.165, 1.54) is 0 Å². The van der Waals surface area contributed by atoms with Gasteiger partial charge in [-0.3, -0.25) is 9.78 Å². The Bertz CT molecular complexity index is 324. The largest absolute Gasteiger partial charge is 0.381 e. The summed E-state index contributed by atoms with van der Waals surface area (Å²) < 4.78 is 7.62. The van der Waals surface area contributed by atoms with Crippen molar-refractivity contribution in [3.63, 3.8) is 0 Å². The second-order valence-corrected chi connectivity index (χ2v) is 3.38. The van der Waals surface area contributed by atoms with Gasteiger partial charge in [-0.15, -0.1) is 0 Å². The first-order valence-corrected chi connectivity index (χ1v) is 4.39. The van der Waals surface area contributed by atoms with Crippen molar-refractivity contribution in [2.75, 3.05) is 13.2 Å². The molecule has 1 aromatic rings. The number of aryl methyl sites for hydroxylation is 1. The standard InChI is InChI=1S/C7H11N3OS/c1-10-7(12)8-6(9-10)5-2-3-11-4-5/h5H,2-4H2,1H3,(H,8,9,12). The van der Waals surface area contributed by atoms with Crippen molar-refractivity contribution in [2.45, 2.75) is 12.3 Å². The van der Waals surface area contributed by atoms with E-state index >= 15 is 0 Å². The van der Waals surface area contributed by atoms with Gasteiger partial charge in [0.15, 0.2) is 0 Å². The SMILES string of the molecule is Cn1[nH]c(C2CCOC2)nc1=S. The van der Waals surface area contributed by atoms with E-state index in [-0.39, 0.29) is 0 Å². The fraction of sp³-hybridized carbons (Fsp3) is 0.714. The van der Waals surface area contributed by atoms with Crippen LogP contribution in [-0.4, -0.2) is 28.0 Å². The maximum Gasteiger partial charge on any atom is 0.215 e. The summed E-state index contributed by atoms with van der Waals surface area (Å²) in [5.74, 6) is 1.37. The van der Waals surface area contributed by atoms with Crippen LogP contribution < -0.4 is 0 Å². The van der Waals surface area contributed by atoms with Crippen molar-refractivity contribution in [2.24, 2.45) is 7.05 Å². The Hall–Kier alpha value is -0.680. The Kier molecular flexibility index (Phi) is 1.98. The molecule has 66 valence electrons. The van der Waals surface area contributed by atoms with Crippen LogP contribution in [0, 0.1) is 4.77 Å². The molecule has 1 aliphatic heterocycles. The minimum absolute atomic E-state index is 0.410. The lowest BCUT2D eigenvalue weighted by atomic mass is 10.1. The van der Waals surface area contributed by atoms with Gasteiger partial charge in [0.05, 0.1) is 6.61 Å². The molecular formula is C7H11N3OS. The Morgan fingerprint density at radius 2 is 2.58 bits per heavy atom. The lowest BCUT2D eigenvalue weighted by Crippen LogP contribution is -2.01. The molecule has 1 N–H and O–H groups in total. The van der Waals surface area contributed by atoms with Crippen LogP contribution in [0.1, 0.15) is 18.2 Å². The number of aromatic amines is 1. The van der Waals surface area contributed by atoms with E-state index < -0.39 is 0 Å². The van der Waals surface area contributed by atoms with Crippen molar-refractivity contribution in [3.8, 4) is 0 Å². The van der Waals surface area contributed by atoms with Gasteiger partial charge in [-0.1, -0.05) is 0 Å². The molecule has 0 aromatic carbocycles. The average molecular weight is 185 g/mol. The molecule has 1 aromatic heterocycles. The number of hydrogen-bond donors (Lipinski definition) is 1. The van der Waals surface area contributed by atoms with E-state index in [1.54, 1.807) is 4.68 Å². The van der Waals surface area contributed by atoms with Crippen LogP contribution in [0.5, 0.6) is 0 Å². The quantitative estimate of drug-likeness (QED) is 0.663. The number of rotatable bonds is 1. The highest BCUT2D eigenvalue weighted by molar-refractivity contribution is 7.71. The summed E-state index contributed by atoms with van der Waals surface area (Å²) >= 11 is 4.99. The van der Waals surface area contributed by atoms with Gasteiger partial charge in [-0.2, -0.15) is 0 Å². The van der Waals surface area contributed by atoms with Crippen molar-refractivity contribution in [1.82, 2.24) is 14.8 Å². The Morgan fingerprint density at radius 3 is 3.08 bits per heavy atom. The first kappa shape index (κ1) is 7.94. The van der Waals surface area contributed by atoms with E-state index in [2.05, 4.69) is 10.1 Å². The molecule has 4 nitrogen and oxygen atoms in total. The molecule has 0 bridgehead atoms. The topological polar surface area (TPSA) is 42.8 Å². The number of nitrogens with one attached hydrogen (secondary N) is 1. The van der Waals surface area contributed by atoms with Crippen LogP contribution >= 0.6 is 12.2 Å². The molecule has 1 fully saturated rings.